The second-order valence-electron chi connectivity index (χ2n) is 3.37. The summed E-state index contributed by atoms with van der Waals surface area (Å²) in [6.07, 6.45) is 2.74. The van der Waals surface area contributed by atoms with E-state index in [1.165, 1.54) is 19.5 Å². The molecule has 17 heavy (non-hydrogen) atoms. The van der Waals surface area contributed by atoms with Gasteiger partial charge in [0.05, 0.1) is 24.6 Å². The Hall–Kier alpha value is -2.43. The molecule has 2 aromatic rings. The van der Waals surface area contributed by atoms with Gasteiger partial charge in [-0.05, 0) is 12.1 Å². The van der Waals surface area contributed by atoms with Crippen LogP contribution in [0.15, 0.2) is 41.5 Å². The van der Waals surface area contributed by atoms with Crippen molar-refractivity contribution < 1.29 is 9.53 Å². The first-order chi connectivity index (χ1) is 8.20. The molecule has 0 saturated heterocycles. The minimum absolute atomic E-state index is 0.250. The Balaban J connectivity index is 2.32. The number of methoxy groups -OCH3 is 1. The highest BCUT2D eigenvalue weighted by Crippen LogP contribution is 2.15. The number of H-pyrrole nitrogens is 1. The molecule has 86 valence electrons. The zero-order chi connectivity index (χ0) is 12.3. The number of nitrogens with one attached hydrogen (secondary N) is 1. The monoisotopic (exact) mass is 230 g/mol. The largest absolute Gasteiger partial charge is 0.465 e. The highest BCUT2D eigenvalue weighted by Gasteiger charge is 2.05. The molecule has 0 fully saturated rings. The SMILES string of the molecule is COC(=O)c1ccc(-c2c[nH]c(=O)cn2)cc1. The Kier molecular flexibility index (Phi) is 3.00. The standard InChI is InChI=1S/C12H10N2O3/c1-17-12(16)9-4-2-8(3-5-9)10-6-14-11(15)7-13-10/h2-7H,1H3,(H,14,15). The molecule has 5 heteroatoms. The number of aromatic amines is 1. The number of ether oxygens (including phenoxy) is 1. The average Bonchev–Trinajstić information content (AvgIpc) is 2.39. The second kappa shape index (κ2) is 4.61. The molecule has 1 aromatic heterocycles. The van der Waals surface area contributed by atoms with Gasteiger partial charge in [0.25, 0.3) is 5.56 Å². The van der Waals surface area contributed by atoms with E-state index in [0.717, 1.165) is 5.56 Å². The number of hydrogen-bond acceptors (Lipinski definition) is 4. The lowest BCUT2D eigenvalue weighted by molar-refractivity contribution is 0.0601. The van der Waals surface area contributed by atoms with Gasteiger partial charge in [0.2, 0.25) is 0 Å². The van der Waals surface area contributed by atoms with Crippen LogP contribution in [0.1, 0.15) is 10.4 Å². The third kappa shape index (κ3) is 2.39. The predicted molar refractivity (Wildman–Crippen MR) is 61.6 cm³/mol. The van der Waals surface area contributed by atoms with E-state index in [1.807, 2.05) is 0 Å². The quantitative estimate of drug-likeness (QED) is 0.787. The van der Waals surface area contributed by atoms with E-state index in [2.05, 4.69) is 14.7 Å². The van der Waals surface area contributed by atoms with Gasteiger partial charge in [0, 0.05) is 11.8 Å². The van der Waals surface area contributed by atoms with E-state index in [1.54, 1.807) is 24.3 Å². The van der Waals surface area contributed by atoms with Crippen LogP contribution in [0.3, 0.4) is 0 Å². The van der Waals surface area contributed by atoms with Gasteiger partial charge < -0.3 is 9.72 Å². The van der Waals surface area contributed by atoms with Crippen LogP contribution in [0.5, 0.6) is 0 Å². The Labute approximate surface area is 97.1 Å². The van der Waals surface area contributed by atoms with Gasteiger partial charge in [-0.1, -0.05) is 12.1 Å². The third-order valence-corrected chi connectivity index (χ3v) is 2.27. The molecule has 0 bridgehead atoms. The number of nitrogens with zero attached hydrogens (tertiary/aromatic N) is 1. The molecule has 0 radical (unpaired) electrons. The van der Waals surface area contributed by atoms with E-state index in [4.69, 9.17) is 0 Å². The maximum atomic E-state index is 11.2. The zero-order valence-corrected chi connectivity index (χ0v) is 9.14. The van der Waals surface area contributed by atoms with Crippen molar-refractivity contribution in [1.29, 1.82) is 0 Å². The number of hydrogen-bond donors (Lipinski definition) is 1. The van der Waals surface area contributed by atoms with Crippen molar-refractivity contribution in [3.63, 3.8) is 0 Å². The average molecular weight is 230 g/mol. The van der Waals surface area contributed by atoms with Crippen molar-refractivity contribution in [3.05, 3.63) is 52.6 Å². The van der Waals surface area contributed by atoms with Crippen molar-refractivity contribution >= 4 is 5.97 Å². The van der Waals surface area contributed by atoms with E-state index >= 15 is 0 Å². The van der Waals surface area contributed by atoms with Gasteiger partial charge in [0.15, 0.2) is 0 Å². The molecule has 0 atom stereocenters. The summed E-state index contributed by atoms with van der Waals surface area (Å²) in [6, 6.07) is 6.78. The van der Waals surface area contributed by atoms with Crippen molar-refractivity contribution in [2.75, 3.05) is 7.11 Å². The first-order valence-corrected chi connectivity index (χ1v) is 4.94. The van der Waals surface area contributed by atoms with Gasteiger partial charge in [-0.3, -0.25) is 4.79 Å². The van der Waals surface area contributed by atoms with Crippen LogP contribution in [0, 0.1) is 0 Å². The molecule has 5 nitrogen and oxygen atoms in total. The van der Waals surface area contributed by atoms with E-state index < -0.39 is 0 Å². The van der Waals surface area contributed by atoms with Crippen LogP contribution >= 0.6 is 0 Å². The molecule has 0 aliphatic carbocycles. The number of aromatic nitrogens is 2. The maximum Gasteiger partial charge on any atom is 0.337 e. The highest BCUT2D eigenvalue weighted by atomic mass is 16.5. The third-order valence-electron chi connectivity index (χ3n) is 2.27. The maximum absolute atomic E-state index is 11.2. The Morgan fingerprint density at radius 2 is 2.00 bits per heavy atom. The van der Waals surface area contributed by atoms with Crippen molar-refractivity contribution in [1.82, 2.24) is 9.97 Å². The summed E-state index contributed by atoms with van der Waals surface area (Å²) >= 11 is 0. The minimum atomic E-state index is -0.383. The van der Waals surface area contributed by atoms with Gasteiger partial charge in [-0.25, -0.2) is 9.78 Å². The van der Waals surface area contributed by atoms with Crippen molar-refractivity contribution in [3.8, 4) is 11.3 Å². The Morgan fingerprint density at radius 1 is 1.29 bits per heavy atom. The van der Waals surface area contributed by atoms with E-state index in [9.17, 15) is 9.59 Å². The second-order valence-corrected chi connectivity index (χ2v) is 3.37. The first kappa shape index (κ1) is 11.1. The van der Waals surface area contributed by atoms with Gasteiger partial charge in [0.1, 0.15) is 0 Å². The first-order valence-electron chi connectivity index (χ1n) is 4.94. The summed E-state index contributed by atoms with van der Waals surface area (Å²) in [5.74, 6) is -0.383. The summed E-state index contributed by atoms with van der Waals surface area (Å²) in [5, 5.41) is 0. The Bertz CT molecular complexity index is 567. The zero-order valence-electron chi connectivity index (χ0n) is 9.14. The summed E-state index contributed by atoms with van der Waals surface area (Å²) in [5.41, 5.74) is 1.68. The topological polar surface area (TPSA) is 72.1 Å². The number of benzene rings is 1. The lowest BCUT2D eigenvalue weighted by atomic mass is 10.1. The number of carbonyl (C=O) groups excluding carboxylic acids is 1. The predicted octanol–water partition coefficient (Wildman–Crippen LogP) is 1.22. The summed E-state index contributed by atoms with van der Waals surface area (Å²) in [6.45, 7) is 0. The van der Waals surface area contributed by atoms with Gasteiger partial charge >= 0.3 is 5.97 Å². The smallest absolute Gasteiger partial charge is 0.337 e. The molecule has 0 aliphatic heterocycles. The van der Waals surface area contributed by atoms with Gasteiger partial charge in [-0.15, -0.1) is 0 Å². The summed E-state index contributed by atoms with van der Waals surface area (Å²) in [4.78, 5) is 28.6. The lowest BCUT2D eigenvalue weighted by Crippen LogP contribution is -2.04. The fourth-order valence-corrected chi connectivity index (χ4v) is 1.39. The van der Waals surface area contributed by atoms with Crippen LogP contribution in [0.4, 0.5) is 0 Å². The molecule has 0 aliphatic rings. The molecule has 2 rings (SSSR count). The molecule has 1 N–H and O–H groups in total. The van der Waals surface area contributed by atoms with E-state index in [0.29, 0.717) is 11.3 Å². The number of carbonyl (C=O) groups is 1. The van der Waals surface area contributed by atoms with Crippen LogP contribution in [0.2, 0.25) is 0 Å². The molecule has 1 heterocycles. The summed E-state index contributed by atoms with van der Waals surface area (Å²) in [7, 11) is 1.33. The fraction of sp³-hybridized carbons (Fsp3) is 0.0833. The van der Waals surface area contributed by atoms with Crippen LogP contribution in [-0.2, 0) is 4.74 Å². The molecule has 0 spiro atoms. The molecule has 0 amide bonds. The van der Waals surface area contributed by atoms with E-state index in [-0.39, 0.29) is 11.5 Å². The van der Waals surface area contributed by atoms with Gasteiger partial charge in [-0.2, -0.15) is 0 Å². The Morgan fingerprint density at radius 3 is 2.53 bits per heavy atom. The van der Waals surface area contributed by atoms with Crippen LogP contribution < -0.4 is 5.56 Å². The normalized spacial score (nSPS) is 9.94. The molecule has 0 saturated carbocycles. The minimum Gasteiger partial charge on any atom is -0.465 e. The molecule has 0 unspecified atom stereocenters. The highest BCUT2D eigenvalue weighted by molar-refractivity contribution is 5.89. The fourth-order valence-electron chi connectivity index (χ4n) is 1.39. The number of rotatable bonds is 2. The lowest BCUT2D eigenvalue weighted by Gasteiger charge is -2.02. The van der Waals surface area contributed by atoms with Crippen LogP contribution in [-0.4, -0.2) is 23.0 Å². The van der Waals surface area contributed by atoms with Crippen LogP contribution in [0.25, 0.3) is 11.3 Å². The molecular weight excluding hydrogens is 220 g/mol. The molecular formula is C12H10N2O3. The van der Waals surface area contributed by atoms with Crippen molar-refractivity contribution in [2.45, 2.75) is 0 Å². The number of esters is 1. The summed E-state index contributed by atoms with van der Waals surface area (Å²) < 4.78 is 4.60. The van der Waals surface area contributed by atoms with Crippen molar-refractivity contribution in [2.24, 2.45) is 0 Å². The molecule has 1 aromatic carbocycles.